The first kappa shape index (κ1) is 32.2. The maximum absolute atomic E-state index is 14.3. The van der Waals surface area contributed by atoms with Gasteiger partial charge in [-0.3, -0.25) is 14.4 Å². The molecule has 44 heavy (non-hydrogen) atoms. The van der Waals surface area contributed by atoms with Gasteiger partial charge in [0.15, 0.2) is 0 Å². The van der Waals surface area contributed by atoms with E-state index in [1.807, 2.05) is 23.1 Å². The predicted octanol–water partition coefficient (Wildman–Crippen LogP) is 6.13. The van der Waals surface area contributed by atoms with Crippen molar-refractivity contribution in [3.8, 4) is 0 Å². The first-order valence-electron chi connectivity index (χ1n) is 15.6. The second kappa shape index (κ2) is 13.8. The van der Waals surface area contributed by atoms with Crippen LogP contribution in [-0.2, 0) is 9.53 Å². The van der Waals surface area contributed by atoms with E-state index in [0.717, 1.165) is 29.8 Å². The summed E-state index contributed by atoms with van der Waals surface area (Å²) in [5.74, 6) is -0.290. The number of allylic oxidation sites excluding steroid dienone is 2. The Morgan fingerprint density at radius 2 is 1.84 bits per heavy atom. The van der Waals surface area contributed by atoms with E-state index in [0.29, 0.717) is 57.9 Å². The zero-order chi connectivity index (χ0) is 31.4. The van der Waals surface area contributed by atoms with Gasteiger partial charge in [0.2, 0.25) is 5.91 Å². The summed E-state index contributed by atoms with van der Waals surface area (Å²) in [6.45, 7) is 9.62. The van der Waals surface area contributed by atoms with Crippen LogP contribution in [0.5, 0.6) is 0 Å². The van der Waals surface area contributed by atoms with Gasteiger partial charge in [0.1, 0.15) is 16.3 Å². The molecule has 238 valence electrons. The van der Waals surface area contributed by atoms with Crippen LogP contribution in [0.15, 0.2) is 54.4 Å². The fourth-order valence-electron chi connectivity index (χ4n) is 6.53. The molecule has 0 N–H and O–H groups in total. The highest BCUT2D eigenvalue weighted by Crippen LogP contribution is 2.42. The number of piperazine rings is 1. The summed E-state index contributed by atoms with van der Waals surface area (Å²) < 4.78 is 35.0. The Morgan fingerprint density at radius 1 is 1.11 bits per heavy atom. The van der Waals surface area contributed by atoms with Gasteiger partial charge in [-0.2, -0.15) is 5.10 Å². The Morgan fingerprint density at radius 3 is 2.50 bits per heavy atom. The third kappa shape index (κ3) is 6.86. The van der Waals surface area contributed by atoms with Gasteiger partial charge in [-0.05, 0) is 37.3 Å². The van der Waals surface area contributed by atoms with Crippen LogP contribution in [0.2, 0.25) is 0 Å². The molecule has 0 spiro atoms. The van der Waals surface area contributed by atoms with Crippen molar-refractivity contribution >= 4 is 29.1 Å². The van der Waals surface area contributed by atoms with Crippen LogP contribution in [0, 0.1) is 5.92 Å². The van der Waals surface area contributed by atoms with Gasteiger partial charge in [-0.1, -0.05) is 61.9 Å². The molecule has 5 rings (SSSR count). The lowest BCUT2D eigenvalue weighted by Crippen LogP contribution is -2.56. The summed E-state index contributed by atoms with van der Waals surface area (Å²) in [5.41, 5.74) is 2.57. The molecule has 3 heterocycles. The van der Waals surface area contributed by atoms with Gasteiger partial charge >= 0.3 is 5.97 Å². The van der Waals surface area contributed by atoms with Crippen molar-refractivity contribution in [2.75, 3.05) is 45.9 Å². The van der Waals surface area contributed by atoms with E-state index in [2.05, 4.69) is 53.0 Å². The smallest absolute Gasteiger partial charge is 0.341 e. The molecule has 2 saturated heterocycles. The number of hydrogen-bond acceptors (Lipinski definition) is 6. The van der Waals surface area contributed by atoms with Crippen LogP contribution in [0.4, 0.5) is 8.78 Å². The van der Waals surface area contributed by atoms with Crippen LogP contribution >= 0.6 is 11.6 Å². The number of rotatable bonds is 9. The van der Waals surface area contributed by atoms with E-state index in [1.54, 1.807) is 6.92 Å². The number of piperidine rings is 1. The van der Waals surface area contributed by atoms with Crippen LogP contribution in [0.3, 0.4) is 0 Å². The van der Waals surface area contributed by atoms with Gasteiger partial charge in [-0.15, -0.1) is 0 Å². The predicted molar refractivity (Wildman–Crippen MR) is 166 cm³/mol. The summed E-state index contributed by atoms with van der Waals surface area (Å²) >= 11 is 7.43. The summed E-state index contributed by atoms with van der Waals surface area (Å²) in [6, 6.07) is 9.75. The topological polar surface area (TPSA) is 70.9 Å². The molecule has 1 aliphatic carbocycles. The molecule has 3 aliphatic rings. The number of amides is 1. The summed E-state index contributed by atoms with van der Waals surface area (Å²) in [5, 5.41) is 4.27. The fourth-order valence-corrected chi connectivity index (χ4v) is 6.89. The van der Waals surface area contributed by atoms with Gasteiger partial charge in [-0.25, -0.2) is 13.6 Å². The Labute approximate surface area is 263 Å². The van der Waals surface area contributed by atoms with E-state index >= 15 is 0 Å². The van der Waals surface area contributed by atoms with Crippen molar-refractivity contribution < 1.29 is 23.1 Å². The molecule has 1 aromatic carbocycles. The highest BCUT2D eigenvalue weighted by Gasteiger charge is 2.41. The number of nitrogens with zero attached hydrogens (tertiary/aromatic N) is 5. The van der Waals surface area contributed by atoms with E-state index < -0.39 is 23.1 Å². The fraction of sp³-hybridized carbons (Fsp3) is 0.545. The van der Waals surface area contributed by atoms with Crippen molar-refractivity contribution in [2.45, 2.75) is 63.9 Å². The van der Waals surface area contributed by atoms with Gasteiger partial charge in [0.05, 0.1) is 18.8 Å². The Hall–Kier alpha value is -3.24. The maximum Gasteiger partial charge on any atom is 0.341 e. The van der Waals surface area contributed by atoms with E-state index in [9.17, 15) is 18.4 Å². The minimum absolute atomic E-state index is 0.0946. The lowest BCUT2D eigenvalue weighted by molar-refractivity contribution is -0.134. The van der Waals surface area contributed by atoms with Gasteiger partial charge in [0, 0.05) is 63.4 Å². The zero-order valence-electron chi connectivity index (χ0n) is 25.7. The first-order chi connectivity index (χ1) is 21.1. The number of hydrogen-bond donors (Lipinski definition) is 0. The number of alkyl halides is 3. The van der Waals surface area contributed by atoms with Gasteiger partial charge in [0.25, 0.3) is 6.43 Å². The van der Waals surface area contributed by atoms with Crippen LogP contribution in [0.25, 0.3) is 5.57 Å². The molecule has 2 unspecified atom stereocenters. The van der Waals surface area contributed by atoms with Crippen LogP contribution in [-0.4, -0.2) is 87.2 Å². The van der Waals surface area contributed by atoms with E-state index in [4.69, 9.17) is 16.3 Å². The van der Waals surface area contributed by atoms with Crippen molar-refractivity contribution in [1.29, 1.82) is 0 Å². The minimum atomic E-state index is -2.87. The molecule has 1 aromatic heterocycles. The monoisotopic (exact) mass is 629 g/mol. The second-order valence-electron chi connectivity index (χ2n) is 12.2. The number of carbonyl (C=O) groups is 2. The number of halogens is 3. The van der Waals surface area contributed by atoms with Crippen molar-refractivity contribution in [3.05, 3.63) is 71.2 Å². The molecule has 11 heteroatoms. The number of ether oxygens (including phenoxy) is 1. The average Bonchev–Trinajstić information content (AvgIpc) is 3.48. The normalized spacial score (nSPS) is 23.1. The average molecular weight is 630 g/mol. The summed E-state index contributed by atoms with van der Waals surface area (Å²) in [6.07, 6.45) is 4.96. The van der Waals surface area contributed by atoms with Crippen molar-refractivity contribution in [2.24, 2.45) is 5.92 Å². The Bertz CT molecular complexity index is 1390. The number of benzene rings is 1. The third-order valence-corrected chi connectivity index (χ3v) is 9.22. The largest absolute Gasteiger partial charge is 0.462 e. The van der Waals surface area contributed by atoms with Crippen molar-refractivity contribution in [1.82, 2.24) is 24.5 Å². The quantitative estimate of drug-likeness (QED) is 0.189. The first-order valence-corrected chi connectivity index (χ1v) is 16.0. The van der Waals surface area contributed by atoms with E-state index in [-0.39, 0.29) is 24.1 Å². The molecule has 0 bridgehead atoms. The highest BCUT2D eigenvalue weighted by atomic mass is 35.5. The number of aromatic nitrogens is 2. The third-order valence-electron chi connectivity index (χ3n) is 8.72. The van der Waals surface area contributed by atoms with Crippen molar-refractivity contribution in [3.63, 3.8) is 0 Å². The number of esters is 1. The van der Waals surface area contributed by atoms with Gasteiger partial charge < -0.3 is 14.5 Å². The molecule has 2 aliphatic heterocycles. The molecular formula is C33H42ClF2N5O3. The van der Waals surface area contributed by atoms with Crippen LogP contribution in [0.1, 0.15) is 80.5 Å². The molecular weight excluding hydrogens is 588 g/mol. The molecule has 8 nitrogen and oxygen atoms in total. The number of likely N-dealkylation sites (tertiary alicyclic amines) is 1. The minimum Gasteiger partial charge on any atom is -0.462 e. The standard InChI is InChI=1S/C33H42ClF2N5O3/c1-4-44-32(43)27-21-37-41(30(27)31(35)36)25-11-8-14-39(22-25)28-20-33(34,13-12-26(28)24-9-6-5-7-10-24)40-17-15-38(16-18-40)29(42)19-23(2)3/h5-7,9-10,12-13,21,23,25,31H,4,8,11,14-20,22H2,1-3H3. The highest BCUT2D eigenvalue weighted by molar-refractivity contribution is 6.25. The molecule has 2 fully saturated rings. The maximum atomic E-state index is 14.3. The second-order valence-corrected chi connectivity index (χ2v) is 12.8. The number of carbonyl (C=O) groups excluding carboxylic acids is 2. The molecule has 2 atom stereocenters. The summed E-state index contributed by atoms with van der Waals surface area (Å²) in [7, 11) is 0. The molecule has 0 saturated carbocycles. The lowest BCUT2D eigenvalue weighted by Gasteiger charge is -2.47. The molecule has 2 aromatic rings. The Kier molecular flexibility index (Phi) is 10.1. The molecule has 1 amide bonds. The zero-order valence-corrected chi connectivity index (χ0v) is 26.5. The van der Waals surface area contributed by atoms with E-state index in [1.165, 1.54) is 10.9 Å². The lowest BCUT2D eigenvalue weighted by atomic mass is 9.90. The SMILES string of the molecule is CCOC(=O)c1cnn(C2CCCN(C3=C(c4ccccc4)C=CC(Cl)(N4CCN(C(=O)CC(C)C)CC4)C3)C2)c1C(F)F. The summed E-state index contributed by atoms with van der Waals surface area (Å²) in [4.78, 5) is 30.7. The molecule has 0 radical (unpaired) electrons. The Balaban J connectivity index is 1.41. The van der Waals surface area contributed by atoms with Crippen LogP contribution < -0.4 is 0 Å².